The zero-order chi connectivity index (χ0) is 14.4. The molecule has 20 heavy (non-hydrogen) atoms. The highest BCUT2D eigenvalue weighted by molar-refractivity contribution is 7.99. The van der Waals surface area contributed by atoms with Crippen molar-refractivity contribution >= 4 is 23.6 Å². The van der Waals surface area contributed by atoms with Crippen molar-refractivity contribution in [2.24, 2.45) is 0 Å². The van der Waals surface area contributed by atoms with Gasteiger partial charge in [0.2, 0.25) is 5.91 Å². The second-order valence-corrected chi connectivity index (χ2v) is 5.43. The van der Waals surface area contributed by atoms with E-state index >= 15 is 0 Å². The van der Waals surface area contributed by atoms with Gasteiger partial charge in [0, 0.05) is 18.8 Å². The Hall–Kier alpha value is -1.53. The predicted molar refractivity (Wildman–Crippen MR) is 77.0 cm³/mol. The molecule has 1 heterocycles. The molecule has 5 nitrogen and oxygen atoms in total. The highest BCUT2D eigenvalue weighted by Crippen LogP contribution is 2.17. The molecule has 1 aliphatic rings. The van der Waals surface area contributed by atoms with Gasteiger partial charge in [0.25, 0.3) is 0 Å². The number of carboxylic acid groups (broad SMARTS) is 1. The molecule has 1 amide bonds. The summed E-state index contributed by atoms with van der Waals surface area (Å²) in [5, 5.41) is 9.08. The lowest BCUT2D eigenvalue weighted by atomic mass is 10.1. The van der Waals surface area contributed by atoms with Gasteiger partial charge < -0.3 is 14.7 Å². The minimum Gasteiger partial charge on any atom is -0.478 e. The number of carboxylic acids is 1. The van der Waals surface area contributed by atoms with Gasteiger partial charge >= 0.3 is 5.97 Å². The molecular formula is C14H17NO4S. The number of amides is 1. The summed E-state index contributed by atoms with van der Waals surface area (Å²) in [6.07, 6.45) is 0. The normalized spacial score (nSPS) is 15.1. The number of benzene rings is 1. The van der Waals surface area contributed by atoms with E-state index in [-0.39, 0.29) is 5.91 Å². The van der Waals surface area contributed by atoms with Crippen LogP contribution in [0.1, 0.15) is 15.9 Å². The zero-order valence-electron chi connectivity index (χ0n) is 11.1. The average molecular weight is 295 g/mol. The highest BCUT2D eigenvalue weighted by Gasteiger charge is 2.17. The first-order valence-electron chi connectivity index (χ1n) is 6.43. The second-order valence-electron chi connectivity index (χ2n) is 4.45. The van der Waals surface area contributed by atoms with Crippen molar-refractivity contribution in [3.8, 4) is 0 Å². The Morgan fingerprint density at radius 1 is 1.25 bits per heavy atom. The number of ether oxygens (including phenoxy) is 1. The van der Waals surface area contributed by atoms with Crippen molar-refractivity contribution in [1.82, 2.24) is 4.90 Å². The van der Waals surface area contributed by atoms with E-state index < -0.39 is 5.97 Å². The lowest BCUT2D eigenvalue weighted by Gasteiger charge is -2.26. The number of rotatable bonds is 5. The standard InChI is InChI=1S/C14H17NO4S/c16-13(15-5-7-19-8-6-15)10-20-9-11-3-1-2-4-12(11)14(17)18/h1-4H,5-10H2,(H,17,18). The Balaban J connectivity index is 1.83. The largest absolute Gasteiger partial charge is 0.478 e. The highest BCUT2D eigenvalue weighted by atomic mass is 32.2. The summed E-state index contributed by atoms with van der Waals surface area (Å²) >= 11 is 1.44. The van der Waals surface area contributed by atoms with E-state index in [1.807, 2.05) is 6.07 Å². The van der Waals surface area contributed by atoms with Gasteiger partial charge in [-0.3, -0.25) is 4.79 Å². The fourth-order valence-corrected chi connectivity index (χ4v) is 2.94. The molecule has 1 aromatic carbocycles. The summed E-state index contributed by atoms with van der Waals surface area (Å²) in [4.78, 5) is 24.8. The summed E-state index contributed by atoms with van der Waals surface area (Å²) < 4.78 is 5.20. The van der Waals surface area contributed by atoms with E-state index in [4.69, 9.17) is 9.84 Å². The number of hydrogen-bond acceptors (Lipinski definition) is 4. The maximum absolute atomic E-state index is 11.9. The van der Waals surface area contributed by atoms with Crippen molar-refractivity contribution in [3.63, 3.8) is 0 Å². The minimum absolute atomic E-state index is 0.0890. The number of aromatic carboxylic acids is 1. The Labute approximate surface area is 121 Å². The van der Waals surface area contributed by atoms with Gasteiger partial charge in [0.15, 0.2) is 0 Å². The van der Waals surface area contributed by atoms with Crippen LogP contribution < -0.4 is 0 Å². The summed E-state index contributed by atoms with van der Waals surface area (Å²) in [5.74, 6) is 0.0544. The van der Waals surface area contributed by atoms with Crippen LogP contribution >= 0.6 is 11.8 Å². The molecule has 0 spiro atoms. The molecule has 2 rings (SSSR count). The third kappa shape index (κ3) is 3.98. The summed E-state index contributed by atoms with van der Waals surface area (Å²) in [5.41, 5.74) is 1.05. The number of morpholine rings is 1. The summed E-state index contributed by atoms with van der Waals surface area (Å²) in [6.45, 7) is 2.48. The third-order valence-corrected chi connectivity index (χ3v) is 4.06. The van der Waals surface area contributed by atoms with E-state index in [9.17, 15) is 9.59 Å². The molecule has 0 atom stereocenters. The Kier molecular flexibility index (Phi) is 5.43. The zero-order valence-corrected chi connectivity index (χ0v) is 11.9. The van der Waals surface area contributed by atoms with Crippen LogP contribution in [0.3, 0.4) is 0 Å². The van der Waals surface area contributed by atoms with Gasteiger partial charge in [-0.25, -0.2) is 4.79 Å². The maximum atomic E-state index is 11.9. The van der Waals surface area contributed by atoms with Gasteiger partial charge in [-0.1, -0.05) is 18.2 Å². The Morgan fingerprint density at radius 3 is 2.65 bits per heavy atom. The topological polar surface area (TPSA) is 66.8 Å². The molecular weight excluding hydrogens is 278 g/mol. The van der Waals surface area contributed by atoms with Crippen molar-refractivity contribution in [3.05, 3.63) is 35.4 Å². The Bertz CT molecular complexity index is 486. The van der Waals surface area contributed by atoms with Crippen LogP contribution in [0.5, 0.6) is 0 Å². The van der Waals surface area contributed by atoms with E-state index in [1.54, 1.807) is 23.1 Å². The van der Waals surface area contributed by atoms with Crippen molar-refractivity contribution in [2.45, 2.75) is 5.75 Å². The third-order valence-electron chi connectivity index (χ3n) is 3.09. The molecule has 108 valence electrons. The minimum atomic E-state index is -0.930. The lowest BCUT2D eigenvalue weighted by molar-refractivity contribution is -0.132. The number of thioether (sulfide) groups is 1. The molecule has 1 N–H and O–H groups in total. The molecule has 0 bridgehead atoms. The number of hydrogen-bond donors (Lipinski definition) is 1. The van der Waals surface area contributed by atoms with Crippen molar-refractivity contribution < 1.29 is 19.4 Å². The van der Waals surface area contributed by atoms with Gasteiger partial charge in [-0.05, 0) is 11.6 Å². The molecule has 0 aromatic heterocycles. The molecule has 0 aliphatic carbocycles. The monoisotopic (exact) mass is 295 g/mol. The number of carbonyl (C=O) groups is 2. The number of carbonyl (C=O) groups excluding carboxylic acids is 1. The molecule has 6 heteroatoms. The molecule has 0 saturated carbocycles. The quantitative estimate of drug-likeness (QED) is 0.891. The van der Waals surface area contributed by atoms with E-state index in [1.165, 1.54) is 11.8 Å². The molecule has 1 saturated heterocycles. The predicted octanol–water partition coefficient (Wildman–Crippen LogP) is 1.48. The fraction of sp³-hybridized carbons (Fsp3) is 0.429. The molecule has 0 unspecified atom stereocenters. The first kappa shape index (κ1) is 14.9. The second kappa shape index (κ2) is 7.31. The van der Waals surface area contributed by atoms with Crippen molar-refractivity contribution in [1.29, 1.82) is 0 Å². The van der Waals surface area contributed by atoms with Crippen LogP contribution in [-0.2, 0) is 15.3 Å². The first-order chi connectivity index (χ1) is 9.68. The van der Waals surface area contributed by atoms with Crippen LogP contribution in [-0.4, -0.2) is 53.9 Å². The van der Waals surface area contributed by atoms with Crippen LogP contribution in [0.4, 0.5) is 0 Å². The number of nitrogens with zero attached hydrogens (tertiary/aromatic N) is 1. The van der Waals surface area contributed by atoms with E-state index in [2.05, 4.69) is 0 Å². The molecule has 1 aromatic rings. The first-order valence-corrected chi connectivity index (χ1v) is 7.58. The van der Waals surface area contributed by atoms with Crippen LogP contribution in [0.2, 0.25) is 0 Å². The van der Waals surface area contributed by atoms with E-state index in [0.717, 1.165) is 5.56 Å². The van der Waals surface area contributed by atoms with Gasteiger partial charge in [-0.15, -0.1) is 11.8 Å². The van der Waals surface area contributed by atoms with Gasteiger partial charge in [0.05, 0.1) is 24.5 Å². The van der Waals surface area contributed by atoms with Crippen LogP contribution in [0.25, 0.3) is 0 Å². The SMILES string of the molecule is O=C(O)c1ccccc1CSCC(=O)N1CCOCC1. The Morgan fingerprint density at radius 2 is 1.95 bits per heavy atom. The smallest absolute Gasteiger partial charge is 0.335 e. The molecule has 0 radical (unpaired) electrons. The van der Waals surface area contributed by atoms with Gasteiger partial charge in [0.1, 0.15) is 0 Å². The van der Waals surface area contributed by atoms with E-state index in [0.29, 0.717) is 43.4 Å². The molecule has 1 fully saturated rings. The van der Waals surface area contributed by atoms with Gasteiger partial charge in [-0.2, -0.15) is 0 Å². The molecule has 1 aliphatic heterocycles. The van der Waals surface area contributed by atoms with Crippen LogP contribution in [0, 0.1) is 0 Å². The maximum Gasteiger partial charge on any atom is 0.335 e. The van der Waals surface area contributed by atoms with Crippen molar-refractivity contribution in [2.75, 3.05) is 32.1 Å². The lowest BCUT2D eigenvalue weighted by Crippen LogP contribution is -2.41. The average Bonchev–Trinajstić information content (AvgIpc) is 2.48. The fourth-order valence-electron chi connectivity index (χ4n) is 2.01. The van der Waals surface area contributed by atoms with Crippen LogP contribution in [0.15, 0.2) is 24.3 Å². The summed E-state index contributed by atoms with van der Waals surface area (Å²) in [7, 11) is 0. The summed E-state index contributed by atoms with van der Waals surface area (Å²) in [6, 6.07) is 6.89.